The molecule has 0 N–H and O–H groups in total. The predicted molar refractivity (Wildman–Crippen MR) is 156 cm³/mol. The molecule has 200 valence electrons. The van der Waals surface area contributed by atoms with E-state index in [-0.39, 0.29) is 6.10 Å². The Hall–Kier alpha value is -3.24. The number of para-hydroxylation sites is 1. The number of hydrogen-bond donors (Lipinski definition) is 0. The van der Waals surface area contributed by atoms with Crippen LogP contribution in [0.25, 0.3) is 11.1 Å². The summed E-state index contributed by atoms with van der Waals surface area (Å²) in [6.07, 6.45) is 6.57. The molecule has 1 unspecified atom stereocenters. The van der Waals surface area contributed by atoms with Crippen molar-refractivity contribution in [3.63, 3.8) is 0 Å². The Morgan fingerprint density at radius 1 is 0.816 bits per heavy atom. The van der Waals surface area contributed by atoms with Crippen LogP contribution in [0.3, 0.4) is 0 Å². The molecule has 0 spiro atoms. The van der Waals surface area contributed by atoms with Crippen LogP contribution in [0.4, 0.5) is 0 Å². The lowest BCUT2D eigenvalue weighted by molar-refractivity contribution is 0.214. The maximum atomic E-state index is 6.31. The maximum absolute atomic E-state index is 6.31. The van der Waals surface area contributed by atoms with Crippen LogP contribution in [0, 0.1) is 13.8 Å². The van der Waals surface area contributed by atoms with Crippen LogP contribution in [0.2, 0.25) is 0 Å². The molecule has 1 fully saturated rings. The van der Waals surface area contributed by atoms with Crippen molar-refractivity contribution in [2.75, 3.05) is 32.8 Å². The molecule has 0 saturated carbocycles. The smallest absolute Gasteiger partial charge is 0.128 e. The summed E-state index contributed by atoms with van der Waals surface area (Å²) in [6, 6.07) is 23.0. The molecule has 1 saturated heterocycles. The van der Waals surface area contributed by atoms with E-state index >= 15 is 0 Å². The lowest BCUT2D eigenvalue weighted by Crippen LogP contribution is -2.29. The summed E-state index contributed by atoms with van der Waals surface area (Å²) in [5.41, 5.74) is 7.40. The zero-order valence-electron chi connectivity index (χ0n) is 23.2. The number of fused-ring (bicyclic) bond motifs is 4. The fourth-order valence-corrected chi connectivity index (χ4v) is 5.60. The average Bonchev–Trinajstić information content (AvgIpc) is 3.22. The van der Waals surface area contributed by atoms with E-state index in [1.165, 1.54) is 72.2 Å². The SMILES string of the molecule is CCC1Oc2cc(C)ccc2C2=C1c1ccc(C)cc1OC2.c1ccc(OCCN2CCCCCC2)cc1. The molecule has 3 aliphatic rings. The molecule has 0 radical (unpaired) electrons. The van der Waals surface area contributed by atoms with Crippen molar-refractivity contribution in [2.24, 2.45) is 0 Å². The van der Waals surface area contributed by atoms with Gasteiger partial charge >= 0.3 is 0 Å². The van der Waals surface area contributed by atoms with Crippen LogP contribution >= 0.6 is 0 Å². The number of likely N-dealkylation sites (tertiary alicyclic amines) is 1. The fraction of sp³-hybridized carbons (Fsp3) is 0.412. The van der Waals surface area contributed by atoms with Crippen molar-refractivity contribution < 1.29 is 14.2 Å². The number of ether oxygens (including phenoxy) is 3. The minimum Gasteiger partial charge on any atom is -0.492 e. The largest absolute Gasteiger partial charge is 0.492 e. The molecule has 6 rings (SSSR count). The summed E-state index contributed by atoms with van der Waals surface area (Å²) in [6.45, 7) is 11.4. The van der Waals surface area contributed by atoms with E-state index < -0.39 is 0 Å². The van der Waals surface area contributed by atoms with Crippen LogP contribution in [0.15, 0.2) is 66.7 Å². The van der Waals surface area contributed by atoms with Gasteiger partial charge in [0.25, 0.3) is 0 Å². The van der Waals surface area contributed by atoms with Gasteiger partial charge in [-0.25, -0.2) is 0 Å². The zero-order valence-corrected chi connectivity index (χ0v) is 23.2. The summed E-state index contributed by atoms with van der Waals surface area (Å²) in [5.74, 6) is 2.96. The van der Waals surface area contributed by atoms with Crippen molar-refractivity contribution in [1.82, 2.24) is 4.90 Å². The van der Waals surface area contributed by atoms with E-state index in [1.807, 2.05) is 30.3 Å². The first-order chi connectivity index (χ1) is 18.6. The summed E-state index contributed by atoms with van der Waals surface area (Å²) in [4.78, 5) is 2.52. The second-order valence-electron chi connectivity index (χ2n) is 10.6. The Morgan fingerprint density at radius 2 is 1.50 bits per heavy atom. The van der Waals surface area contributed by atoms with Gasteiger partial charge in [0.15, 0.2) is 0 Å². The second-order valence-corrected chi connectivity index (χ2v) is 10.6. The van der Waals surface area contributed by atoms with Crippen LogP contribution in [0.5, 0.6) is 17.2 Å². The van der Waals surface area contributed by atoms with Crippen LogP contribution in [0.1, 0.15) is 61.3 Å². The third kappa shape index (κ3) is 6.24. The van der Waals surface area contributed by atoms with Crippen LogP contribution in [-0.2, 0) is 0 Å². The van der Waals surface area contributed by atoms with Crippen molar-refractivity contribution >= 4 is 11.1 Å². The molecule has 3 aromatic carbocycles. The van der Waals surface area contributed by atoms with Gasteiger partial charge in [0.05, 0.1) is 0 Å². The number of benzene rings is 3. The summed E-state index contributed by atoms with van der Waals surface area (Å²) < 4.78 is 18.1. The molecule has 0 aromatic heterocycles. The van der Waals surface area contributed by atoms with Gasteiger partial charge in [0, 0.05) is 28.8 Å². The Bertz CT molecular complexity index is 1240. The number of rotatable bonds is 5. The Morgan fingerprint density at radius 3 is 2.21 bits per heavy atom. The number of hydrogen-bond acceptors (Lipinski definition) is 4. The predicted octanol–water partition coefficient (Wildman–Crippen LogP) is 7.72. The highest BCUT2D eigenvalue weighted by atomic mass is 16.5. The van der Waals surface area contributed by atoms with Gasteiger partial charge in [-0.05, 0) is 81.6 Å². The summed E-state index contributed by atoms with van der Waals surface area (Å²) in [7, 11) is 0. The highest BCUT2D eigenvalue weighted by Gasteiger charge is 2.33. The molecule has 0 amide bonds. The fourth-order valence-electron chi connectivity index (χ4n) is 5.60. The van der Waals surface area contributed by atoms with E-state index in [9.17, 15) is 0 Å². The Labute approximate surface area is 228 Å². The Kier molecular flexibility index (Phi) is 8.70. The first kappa shape index (κ1) is 26.4. The van der Waals surface area contributed by atoms with Crippen LogP contribution in [-0.4, -0.2) is 43.9 Å². The third-order valence-electron chi connectivity index (χ3n) is 7.67. The van der Waals surface area contributed by atoms with Gasteiger partial charge in [-0.2, -0.15) is 0 Å². The topological polar surface area (TPSA) is 30.9 Å². The van der Waals surface area contributed by atoms with Crippen molar-refractivity contribution in [1.29, 1.82) is 0 Å². The third-order valence-corrected chi connectivity index (χ3v) is 7.67. The summed E-state index contributed by atoms with van der Waals surface area (Å²) >= 11 is 0. The standard InChI is InChI=1S/C20H20O2.C14H21NO/c1-4-17-20-15-8-6-12(2)9-18(15)21-11-16(20)14-7-5-13(3)10-19(14)22-17;1-2-7-11-15(10-6-1)12-13-16-14-8-4-3-5-9-14/h5-10,17H,4,11H2,1-3H3;3-5,8-9H,1-2,6-7,10-13H2. The summed E-state index contributed by atoms with van der Waals surface area (Å²) in [5, 5.41) is 0. The van der Waals surface area contributed by atoms with Gasteiger partial charge in [0.2, 0.25) is 0 Å². The number of nitrogens with zero attached hydrogens (tertiary/aromatic N) is 1. The van der Waals surface area contributed by atoms with Crippen LogP contribution < -0.4 is 14.2 Å². The molecule has 4 heteroatoms. The molecule has 3 aliphatic heterocycles. The van der Waals surface area contributed by atoms with E-state index in [2.05, 4.69) is 62.1 Å². The average molecular weight is 512 g/mol. The monoisotopic (exact) mass is 511 g/mol. The Balaban J connectivity index is 0.000000163. The van der Waals surface area contributed by atoms with Gasteiger partial charge in [-0.15, -0.1) is 0 Å². The molecule has 3 heterocycles. The van der Waals surface area contributed by atoms with Gasteiger partial charge < -0.3 is 14.2 Å². The van der Waals surface area contributed by atoms with Gasteiger partial charge in [0.1, 0.15) is 36.6 Å². The second kappa shape index (κ2) is 12.5. The molecule has 0 aliphatic carbocycles. The maximum Gasteiger partial charge on any atom is 0.128 e. The molecule has 38 heavy (non-hydrogen) atoms. The van der Waals surface area contributed by atoms with Crippen molar-refractivity contribution in [3.05, 3.63) is 89.0 Å². The first-order valence-corrected chi connectivity index (χ1v) is 14.3. The van der Waals surface area contributed by atoms with Gasteiger partial charge in [-0.1, -0.05) is 62.2 Å². The quantitative estimate of drug-likeness (QED) is 0.351. The van der Waals surface area contributed by atoms with E-state index in [0.717, 1.165) is 36.8 Å². The molecular formula is C34H41NO3. The molecule has 0 bridgehead atoms. The highest BCUT2D eigenvalue weighted by Crippen LogP contribution is 2.46. The minimum atomic E-state index is 0.106. The highest BCUT2D eigenvalue weighted by molar-refractivity contribution is 5.99. The molecular weight excluding hydrogens is 470 g/mol. The number of aryl methyl sites for hydroxylation is 2. The lowest BCUT2D eigenvalue weighted by Gasteiger charge is -2.35. The van der Waals surface area contributed by atoms with Crippen molar-refractivity contribution in [3.8, 4) is 17.2 Å². The molecule has 1 atom stereocenters. The normalized spacial score (nSPS) is 18.4. The molecule has 4 nitrogen and oxygen atoms in total. The lowest BCUT2D eigenvalue weighted by atomic mass is 9.85. The van der Waals surface area contributed by atoms with E-state index in [1.54, 1.807) is 0 Å². The van der Waals surface area contributed by atoms with E-state index in [0.29, 0.717) is 6.61 Å². The molecule has 3 aromatic rings. The first-order valence-electron chi connectivity index (χ1n) is 14.3. The zero-order chi connectivity index (χ0) is 26.3. The van der Waals surface area contributed by atoms with Crippen molar-refractivity contribution in [2.45, 2.75) is 59.0 Å². The minimum absolute atomic E-state index is 0.106. The van der Waals surface area contributed by atoms with E-state index in [4.69, 9.17) is 14.2 Å². The van der Waals surface area contributed by atoms with Gasteiger partial charge in [-0.3, -0.25) is 4.90 Å².